The number of aldehydes is 1. The lowest BCUT2D eigenvalue weighted by atomic mass is 10.1. The minimum atomic E-state index is -0.456. The fourth-order valence-electron chi connectivity index (χ4n) is 5.03. The van der Waals surface area contributed by atoms with E-state index in [0.29, 0.717) is 30.8 Å². The van der Waals surface area contributed by atoms with E-state index in [-0.39, 0.29) is 25.2 Å². The van der Waals surface area contributed by atoms with Crippen molar-refractivity contribution in [3.05, 3.63) is 84.2 Å². The molecular weight excluding hydrogens is 664 g/mol. The van der Waals surface area contributed by atoms with Gasteiger partial charge in [-0.05, 0) is 41.5 Å². The molecule has 0 aliphatic carbocycles. The van der Waals surface area contributed by atoms with Crippen molar-refractivity contribution in [2.24, 2.45) is 0 Å². The minimum Gasteiger partial charge on any atom is -0.444 e. The quantitative estimate of drug-likeness (QED) is 0.213. The first-order valence-electron chi connectivity index (χ1n) is 17.2. The van der Waals surface area contributed by atoms with Crippen molar-refractivity contribution < 1.29 is 32.9 Å². The number of nitrogens with zero attached hydrogens (tertiary/aromatic N) is 5. The molecule has 2 fully saturated rings. The van der Waals surface area contributed by atoms with E-state index < -0.39 is 5.60 Å². The predicted molar refractivity (Wildman–Crippen MR) is 200 cm³/mol. The Balaban J connectivity index is 0.000000228. The lowest BCUT2D eigenvalue weighted by Crippen LogP contribution is -2.49. The van der Waals surface area contributed by atoms with Crippen LogP contribution in [0.3, 0.4) is 0 Å². The Morgan fingerprint density at radius 3 is 1.63 bits per heavy atom. The number of aromatic nitrogens is 2. The smallest absolute Gasteiger partial charge is 0.410 e. The average molecular weight is 719 g/mol. The first-order chi connectivity index (χ1) is 24.3. The molecule has 282 valence electrons. The normalized spacial score (nSPS) is 14.8. The third-order valence-electron chi connectivity index (χ3n) is 7.50. The molecule has 13 heteroatoms. The Kier molecular flexibility index (Phi) is 15.6. The van der Waals surface area contributed by atoms with Crippen LogP contribution < -0.4 is 5.32 Å². The van der Waals surface area contributed by atoms with Crippen LogP contribution in [-0.4, -0.2) is 107 Å². The third-order valence-corrected chi connectivity index (χ3v) is 7.50. The Morgan fingerprint density at radius 2 is 1.17 bits per heavy atom. The van der Waals surface area contributed by atoms with Crippen LogP contribution in [0.15, 0.2) is 81.8 Å². The lowest BCUT2D eigenvalue weighted by Gasteiger charge is -2.35. The third kappa shape index (κ3) is 14.0. The molecule has 1 N–H and O–H groups in total. The van der Waals surface area contributed by atoms with Crippen molar-refractivity contribution in [1.29, 1.82) is 0 Å². The van der Waals surface area contributed by atoms with E-state index in [1.54, 1.807) is 15.9 Å². The highest BCUT2D eigenvalue weighted by molar-refractivity contribution is 5.74. The van der Waals surface area contributed by atoms with Gasteiger partial charge >= 0.3 is 12.2 Å². The molecule has 0 radical (unpaired) electrons. The van der Waals surface area contributed by atoms with Gasteiger partial charge in [0, 0.05) is 82.2 Å². The minimum absolute atomic E-state index is 0. The summed E-state index contributed by atoms with van der Waals surface area (Å²) < 4.78 is 21.1. The maximum Gasteiger partial charge on any atom is 0.410 e. The Morgan fingerprint density at radius 1 is 0.712 bits per heavy atom. The van der Waals surface area contributed by atoms with Gasteiger partial charge in [-0.25, -0.2) is 9.59 Å². The van der Waals surface area contributed by atoms with E-state index in [4.69, 9.17) is 18.5 Å². The number of benzene rings is 2. The largest absolute Gasteiger partial charge is 0.444 e. The molecule has 2 aromatic carbocycles. The van der Waals surface area contributed by atoms with Gasteiger partial charge in [0.15, 0.2) is 17.8 Å². The monoisotopic (exact) mass is 718 g/mol. The second-order valence-electron chi connectivity index (χ2n) is 14.1. The molecule has 0 spiro atoms. The van der Waals surface area contributed by atoms with Crippen LogP contribution in [0.1, 0.15) is 65.2 Å². The van der Waals surface area contributed by atoms with Gasteiger partial charge in [-0.1, -0.05) is 78.4 Å². The standard InChI is InChI=1S/C19H25N3O3.C10H7NO2.C9H18N2O2.CH4/c1-19(2,3)24-18(23)22-11-9-21(10-12-22)14-16-13-17(25-20-16)15-7-5-4-6-8-15;12-7-9-6-10(13-11-9)8-4-2-1-3-5-8;1-9(2,3)13-8(12)11-6-4-10-5-7-11;/h4-8,13H,9-12,14H2,1-3H3;1-7H;10H,4-7H2,1-3H3;1H4. The maximum absolute atomic E-state index is 12.1. The number of amides is 2. The predicted octanol–water partition coefficient (Wildman–Crippen LogP) is 7.01. The summed E-state index contributed by atoms with van der Waals surface area (Å²) in [5.74, 6) is 1.39. The molecule has 2 aromatic heterocycles. The van der Waals surface area contributed by atoms with Gasteiger partial charge < -0.3 is 33.6 Å². The first kappa shape index (κ1) is 41.4. The number of ether oxygens (including phenoxy) is 2. The fourth-order valence-corrected chi connectivity index (χ4v) is 5.03. The number of hydrogen-bond donors (Lipinski definition) is 1. The Bertz CT molecular complexity index is 1650. The molecule has 52 heavy (non-hydrogen) atoms. The van der Waals surface area contributed by atoms with E-state index >= 15 is 0 Å². The summed E-state index contributed by atoms with van der Waals surface area (Å²) >= 11 is 0. The van der Waals surface area contributed by atoms with Gasteiger partial charge in [0.1, 0.15) is 16.9 Å². The molecule has 0 bridgehead atoms. The summed E-state index contributed by atoms with van der Waals surface area (Å²) in [5.41, 5.74) is 2.33. The summed E-state index contributed by atoms with van der Waals surface area (Å²) in [6, 6.07) is 23.1. The van der Waals surface area contributed by atoms with Crippen molar-refractivity contribution in [1.82, 2.24) is 30.3 Å². The molecule has 2 amide bonds. The molecule has 2 aliphatic heterocycles. The van der Waals surface area contributed by atoms with Crippen LogP contribution in [0.4, 0.5) is 9.59 Å². The molecule has 2 aliphatic rings. The summed E-state index contributed by atoms with van der Waals surface area (Å²) in [6.45, 7) is 18.2. The van der Waals surface area contributed by atoms with Gasteiger partial charge in [0.25, 0.3) is 0 Å². The summed E-state index contributed by atoms with van der Waals surface area (Å²) in [6.07, 6.45) is 0.226. The summed E-state index contributed by atoms with van der Waals surface area (Å²) in [4.78, 5) is 39.7. The van der Waals surface area contributed by atoms with Crippen LogP contribution in [0.2, 0.25) is 0 Å². The highest BCUT2D eigenvalue weighted by Crippen LogP contribution is 2.21. The molecule has 0 atom stereocenters. The van der Waals surface area contributed by atoms with Crippen molar-refractivity contribution >= 4 is 18.5 Å². The van der Waals surface area contributed by atoms with Crippen LogP contribution in [0.25, 0.3) is 22.6 Å². The number of rotatable bonds is 5. The van der Waals surface area contributed by atoms with E-state index in [0.717, 1.165) is 68.4 Å². The maximum atomic E-state index is 12.1. The van der Waals surface area contributed by atoms with E-state index in [2.05, 4.69) is 20.5 Å². The first-order valence-corrected chi connectivity index (χ1v) is 17.2. The molecule has 13 nitrogen and oxygen atoms in total. The number of piperazine rings is 2. The zero-order valence-electron chi connectivity index (χ0n) is 30.5. The topological polar surface area (TPSA) is 143 Å². The molecular formula is C39H54N6O7. The van der Waals surface area contributed by atoms with Crippen molar-refractivity contribution in [2.75, 3.05) is 52.4 Å². The van der Waals surface area contributed by atoms with Crippen LogP contribution >= 0.6 is 0 Å². The average Bonchev–Trinajstić information content (AvgIpc) is 3.79. The molecule has 2 saturated heterocycles. The number of carbonyl (C=O) groups excluding carboxylic acids is 3. The van der Waals surface area contributed by atoms with Gasteiger partial charge in [0.2, 0.25) is 0 Å². The van der Waals surface area contributed by atoms with Gasteiger partial charge in [-0.15, -0.1) is 0 Å². The van der Waals surface area contributed by atoms with Crippen molar-refractivity contribution in [3.63, 3.8) is 0 Å². The number of carbonyl (C=O) groups is 3. The molecule has 4 heterocycles. The van der Waals surface area contributed by atoms with Gasteiger partial charge in [-0.3, -0.25) is 9.69 Å². The van der Waals surface area contributed by atoms with E-state index in [1.165, 1.54) is 0 Å². The molecule has 0 unspecified atom stereocenters. The van der Waals surface area contributed by atoms with Crippen LogP contribution in [0, 0.1) is 0 Å². The molecule has 4 aromatic rings. The van der Waals surface area contributed by atoms with Crippen LogP contribution in [0.5, 0.6) is 0 Å². The number of nitrogens with one attached hydrogen (secondary N) is 1. The second-order valence-corrected chi connectivity index (χ2v) is 14.1. The number of hydrogen-bond acceptors (Lipinski definition) is 11. The van der Waals surface area contributed by atoms with Crippen LogP contribution in [-0.2, 0) is 16.0 Å². The summed E-state index contributed by atoms with van der Waals surface area (Å²) in [5, 5.41) is 10.9. The Labute approximate surface area is 307 Å². The van der Waals surface area contributed by atoms with Crippen molar-refractivity contribution in [2.45, 2.75) is 66.7 Å². The molecule has 0 saturated carbocycles. The zero-order valence-corrected chi connectivity index (χ0v) is 30.5. The highest BCUT2D eigenvalue weighted by atomic mass is 16.6. The zero-order chi connectivity index (χ0) is 36.9. The SMILES string of the molecule is C.CC(C)(C)OC(=O)N1CCN(Cc2cc(-c3ccccc3)on2)CC1.CC(C)(C)OC(=O)N1CCNCC1.O=Cc1cc(-c2ccccc2)on1. The van der Waals surface area contributed by atoms with E-state index in [1.807, 2.05) is 108 Å². The Hall–Kier alpha value is -5.01. The van der Waals surface area contributed by atoms with Gasteiger partial charge in [-0.2, -0.15) is 0 Å². The van der Waals surface area contributed by atoms with Crippen molar-refractivity contribution in [3.8, 4) is 22.6 Å². The molecule has 6 rings (SSSR count). The highest BCUT2D eigenvalue weighted by Gasteiger charge is 2.26. The second kappa shape index (κ2) is 19.6. The lowest BCUT2D eigenvalue weighted by molar-refractivity contribution is 0.0136. The van der Waals surface area contributed by atoms with E-state index in [9.17, 15) is 14.4 Å². The fraction of sp³-hybridized carbons (Fsp3) is 0.462. The van der Waals surface area contributed by atoms with Gasteiger partial charge in [0.05, 0.1) is 5.69 Å². The summed E-state index contributed by atoms with van der Waals surface area (Å²) in [7, 11) is 0.